The van der Waals surface area contributed by atoms with Gasteiger partial charge in [0.25, 0.3) is 0 Å². The van der Waals surface area contributed by atoms with Crippen LogP contribution >= 0.6 is 0 Å². The van der Waals surface area contributed by atoms with Gasteiger partial charge in [-0.3, -0.25) is 0 Å². The van der Waals surface area contributed by atoms with Crippen molar-refractivity contribution in [2.24, 2.45) is 0 Å². The van der Waals surface area contributed by atoms with Gasteiger partial charge in [0.05, 0.1) is 0 Å². The molecule has 4 nitrogen and oxygen atoms in total. The van der Waals surface area contributed by atoms with Crippen molar-refractivity contribution >= 4 is 10.0 Å². The van der Waals surface area contributed by atoms with E-state index in [1.54, 1.807) is 0 Å². The van der Waals surface area contributed by atoms with Gasteiger partial charge in [0.15, 0.2) is 6.10 Å². The Balaban J connectivity index is 2.91. The summed E-state index contributed by atoms with van der Waals surface area (Å²) in [7, 11) is -4.69. The van der Waals surface area contributed by atoms with Gasteiger partial charge >= 0.3 is 6.18 Å². The Morgan fingerprint density at radius 2 is 1.84 bits per heavy atom. The Kier molecular flexibility index (Phi) is 4.48. The molecule has 0 radical (unpaired) electrons. The summed E-state index contributed by atoms with van der Waals surface area (Å²) in [5.74, 6) is -2.39. The molecule has 1 aromatic carbocycles. The van der Waals surface area contributed by atoms with Crippen molar-refractivity contribution in [3.05, 3.63) is 29.8 Å². The predicted molar refractivity (Wildman–Crippen MR) is 53.6 cm³/mol. The second-order valence-corrected chi connectivity index (χ2v) is 5.22. The van der Waals surface area contributed by atoms with Crippen molar-refractivity contribution in [2.45, 2.75) is 17.2 Å². The SMILES string of the molecule is O=S(=O)(NCC(O)C(F)(F)F)c1cc(F)ccc1F. The Morgan fingerprint density at radius 3 is 2.37 bits per heavy atom. The summed E-state index contributed by atoms with van der Waals surface area (Å²) in [6.07, 6.45) is -7.97. The standard InChI is InChI=1S/C9H8F5NO3S/c10-5-1-2-6(11)7(3-5)19(17,18)15-4-8(16)9(12,13)14/h1-3,8,15-16H,4H2. The van der Waals surface area contributed by atoms with Gasteiger partial charge in [-0.1, -0.05) is 0 Å². The number of benzene rings is 1. The fourth-order valence-electron chi connectivity index (χ4n) is 1.07. The highest BCUT2D eigenvalue weighted by atomic mass is 32.2. The van der Waals surface area contributed by atoms with E-state index in [0.29, 0.717) is 18.2 Å². The lowest BCUT2D eigenvalue weighted by atomic mass is 10.3. The number of sulfonamides is 1. The van der Waals surface area contributed by atoms with E-state index in [9.17, 15) is 30.4 Å². The van der Waals surface area contributed by atoms with E-state index in [1.807, 2.05) is 0 Å². The van der Waals surface area contributed by atoms with Crippen LogP contribution < -0.4 is 4.72 Å². The van der Waals surface area contributed by atoms with Gasteiger partial charge in [-0.15, -0.1) is 0 Å². The van der Waals surface area contributed by atoms with Gasteiger partial charge < -0.3 is 5.11 Å². The summed E-state index contributed by atoms with van der Waals surface area (Å²) in [5.41, 5.74) is 0. The van der Waals surface area contributed by atoms with E-state index in [-0.39, 0.29) is 0 Å². The molecule has 1 unspecified atom stereocenters. The lowest BCUT2D eigenvalue weighted by molar-refractivity contribution is -0.200. The molecule has 0 aliphatic rings. The Bertz CT molecular complexity index is 557. The molecule has 1 aromatic rings. The monoisotopic (exact) mass is 305 g/mol. The molecule has 0 aromatic heterocycles. The van der Waals surface area contributed by atoms with Crippen LogP contribution in [0.4, 0.5) is 22.0 Å². The van der Waals surface area contributed by atoms with Crippen LogP contribution in [0.25, 0.3) is 0 Å². The molecule has 1 atom stereocenters. The molecule has 0 amide bonds. The topological polar surface area (TPSA) is 66.4 Å². The highest BCUT2D eigenvalue weighted by Gasteiger charge is 2.38. The number of halogens is 5. The van der Waals surface area contributed by atoms with Crippen LogP contribution in [0, 0.1) is 11.6 Å². The van der Waals surface area contributed by atoms with Crippen LogP contribution in [-0.2, 0) is 10.0 Å². The first-order chi connectivity index (χ1) is 8.54. The third-order valence-corrected chi connectivity index (χ3v) is 3.47. The lowest BCUT2D eigenvalue weighted by Gasteiger charge is -2.15. The molecule has 0 aliphatic carbocycles. The van der Waals surface area contributed by atoms with Crippen LogP contribution in [0.15, 0.2) is 23.1 Å². The van der Waals surface area contributed by atoms with E-state index in [0.717, 1.165) is 0 Å². The molecule has 0 saturated heterocycles. The van der Waals surface area contributed by atoms with Crippen molar-refractivity contribution in [1.82, 2.24) is 4.72 Å². The predicted octanol–water partition coefficient (Wildman–Crippen LogP) is 1.17. The minimum Gasteiger partial charge on any atom is -0.382 e. The summed E-state index contributed by atoms with van der Waals surface area (Å²) in [6, 6.07) is 1.49. The number of hydrogen-bond acceptors (Lipinski definition) is 3. The third kappa shape index (κ3) is 4.11. The maximum Gasteiger partial charge on any atom is 0.415 e. The van der Waals surface area contributed by atoms with Crippen molar-refractivity contribution in [1.29, 1.82) is 0 Å². The molecule has 0 fully saturated rings. The molecule has 2 N–H and O–H groups in total. The van der Waals surface area contributed by atoms with Crippen LogP contribution in [-0.4, -0.2) is 32.3 Å². The van der Waals surface area contributed by atoms with Crippen molar-refractivity contribution in [2.75, 3.05) is 6.54 Å². The highest BCUT2D eigenvalue weighted by molar-refractivity contribution is 7.89. The van der Waals surface area contributed by atoms with Crippen LogP contribution in [0.2, 0.25) is 0 Å². The minimum atomic E-state index is -5.02. The molecule has 0 aliphatic heterocycles. The Labute approximate surface area is 104 Å². The largest absolute Gasteiger partial charge is 0.415 e. The first kappa shape index (κ1) is 15.8. The van der Waals surface area contributed by atoms with Crippen LogP contribution in [0.1, 0.15) is 0 Å². The average molecular weight is 305 g/mol. The summed E-state index contributed by atoms with van der Waals surface area (Å²) >= 11 is 0. The number of nitrogens with one attached hydrogen (secondary N) is 1. The molecule has 108 valence electrons. The average Bonchev–Trinajstić information content (AvgIpc) is 2.28. The molecule has 0 saturated carbocycles. The Hall–Kier alpha value is -1.26. The van der Waals surface area contributed by atoms with Gasteiger partial charge in [0.1, 0.15) is 16.5 Å². The van der Waals surface area contributed by atoms with Crippen LogP contribution in [0.3, 0.4) is 0 Å². The molecule has 10 heteroatoms. The zero-order valence-electron chi connectivity index (χ0n) is 9.08. The highest BCUT2D eigenvalue weighted by Crippen LogP contribution is 2.20. The zero-order chi connectivity index (χ0) is 14.8. The van der Waals surface area contributed by atoms with Crippen molar-refractivity contribution < 1.29 is 35.5 Å². The first-order valence-corrected chi connectivity index (χ1v) is 6.22. The van der Waals surface area contributed by atoms with Gasteiger partial charge in [-0.05, 0) is 18.2 Å². The summed E-state index contributed by atoms with van der Waals surface area (Å²) in [5, 5.41) is 8.60. The zero-order valence-corrected chi connectivity index (χ0v) is 9.89. The maximum absolute atomic E-state index is 13.2. The summed E-state index contributed by atoms with van der Waals surface area (Å²) < 4.78 is 86.0. The van der Waals surface area contributed by atoms with E-state index >= 15 is 0 Å². The lowest BCUT2D eigenvalue weighted by Crippen LogP contribution is -2.40. The van der Waals surface area contributed by atoms with Gasteiger partial charge in [0, 0.05) is 6.54 Å². The number of alkyl halides is 3. The third-order valence-electron chi connectivity index (χ3n) is 2.03. The number of rotatable bonds is 4. The van der Waals surface area contributed by atoms with E-state index in [1.165, 1.54) is 4.72 Å². The number of hydrogen-bond donors (Lipinski definition) is 2. The number of aliphatic hydroxyl groups is 1. The molecular weight excluding hydrogens is 297 g/mol. The molecule has 19 heavy (non-hydrogen) atoms. The molecule has 0 bridgehead atoms. The van der Waals surface area contributed by atoms with Gasteiger partial charge in [0.2, 0.25) is 10.0 Å². The van der Waals surface area contributed by atoms with E-state index in [4.69, 9.17) is 5.11 Å². The number of aliphatic hydroxyl groups excluding tert-OH is 1. The molecule has 1 rings (SSSR count). The minimum absolute atomic E-state index is 0.317. The smallest absolute Gasteiger partial charge is 0.382 e. The molecule has 0 heterocycles. The first-order valence-electron chi connectivity index (χ1n) is 4.73. The fraction of sp³-hybridized carbons (Fsp3) is 0.333. The second kappa shape index (κ2) is 5.39. The fourth-order valence-corrected chi connectivity index (χ4v) is 2.19. The normalized spacial score (nSPS) is 14.4. The van der Waals surface area contributed by atoms with Crippen molar-refractivity contribution in [3.8, 4) is 0 Å². The molecular formula is C9H8F5NO3S. The van der Waals surface area contributed by atoms with E-state index in [2.05, 4.69) is 0 Å². The maximum atomic E-state index is 13.2. The van der Waals surface area contributed by atoms with Crippen molar-refractivity contribution in [3.63, 3.8) is 0 Å². The van der Waals surface area contributed by atoms with Crippen LogP contribution in [0.5, 0.6) is 0 Å². The quantitative estimate of drug-likeness (QED) is 0.821. The van der Waals surface area contributed by atoms with E-state index < -0.39 is 45.4 Å². The summed E-state index contributed by atoms with van der Waals surface area (Å²) in [6.45, 7) is -1.40. The Morgan fingerprint density at radius 1 is 1.26 bits per heavy atom. The van der Waals surface area contributed by atoms with Gasteiger partial charge in [-0.2, -0.15) is 13.2 Å². The molecule has 0 spiro atoms. The van der Waals surface area contributed by atoms with Gasteiger partial charge in [-0.25, -0.2) is 21.9 Å². The summed E-state index contributed by atoms with van der Waals surface area (Å²) in [4.78, 5) is -1.14. The second-order valence-electron chi connectivity index (χ2n) is 3.48.